The first-order valence-corrected chi connectivity index (χ1v) is 15.0. The van der Waals surface area contributed by atoms with E-state index in [1.54, 1.807) is 12.0 Å². The number of rotatable bonds is 12. The van der Waals surface area contributed by atoms with Crippen LogP contribution in [0.4, 0.5) is 4.79 Å². The van der Waals surface area contributed by atoms with E-state index in [1.165, 1.54) is 0 Å². The van der Waals surface area contributed by atoms with Gasteiger partial charge in [-0.05, 0) is 63.6 Å². The molecule has 5 rings (SSSR count). The van der Waals surface area contributed by atoms with E-state index in [9.17, 15) is 14.4 Å². The van der Waals surface area contributed by atoms with Gasteiger partial charge in [0.1, 0.15) is 12.4 Å². The van der Waals surface area contributed by atoms with Gasteiger partial charge in [0.25, 0.3) is 5.24 Å². The first-order chi connectivity index (χ1) is 20.9. The number of benzene rings is 4. The van der Waals surface area contributed by atoms with Gasteiger partial charge in [-0.1, -0.05) is 90.6 Å². The van der Waals surface area contributed by atoms with Gasteiger partial charge in [-0.3, -0.25) is 19.7 Å². The van der Waals surface area contributed by atoms with Crippen LogP contribution in [-0.2, 0) is 33.7 Å². The van der Waals surface area contributed by atoms with Gasteiger partial charge < -0.3 is 14.4 Å². The number of likely N-dealkylation sites (N-methyl/N-ethyl adjacent to an activating group) is 1. The molecule has 3 amide bonds. The molecule has 0 saturated carbocycles. The molecule has 4 aromatic carbocycles. The highest BCUT2D eigenvalue weighted by molar-refractivity contribution is 8.15. The lowest BCUT2D eigenvalue weighted by Crippen LogP contribution is -2.27. The Morgan fingerprint density at radius 2 is 1.42 bits per heavy atom. The highest BCUT2D eigenvalue weighted by Gasteiger charge is 2.31. The highest BCUT2D eigenvalue weighted by Crippen LogP contribution is 2.26. The largest absolute Gasteiger partial charge is 0.491 e. The van der Waals surface area contributed by atoms with Crippen molar-refractivity contribution < 1.29 is 23.9 Å². The molecular formula is C35H34N2O5S. The molecule has 1 saturated heterocycles. The van der Waals surface area contributed by atoms with Crippen molar-refractivity contribution >= 4 is 28.8 Å². The number of nitrogens with one attached hydrogen (secondary N) is 1. The van der Waals surface area contributed by atoms with Crippen LogP contribution in [0.5, 0.6) is 5.75 Å². The van der Waals surface area contributed by atoms with Gasteiger partial charge >= 0.3 is 0 Å². The SMILES string of the molecule is COCCOc1ccc(-c2ccc(CC(=O)N(C)Cc3cccc(-c4ccc(CC5SC(=O)NC5=O)cc4)c3)cc2)cc1. The molecule has 1 heterocycles. The normalized spacial score (nSPS) is 14.4. The number of amides is 3. The van der Waals surface area contributed by atoms with Crippen molar-refractivity contribution in [3.8, 4) is 28.0 Å². The fourth-order valence-electron chi connectivity index (χ4n) is 4.90. The summed E-state index contributed by atoms with van der Waals surface area (Å²) in [6.45, 7) is 1.57. The average molecular weight is 595 g/mol. The second-order valence-corrected chi connectivity index (χ2v) is 11.6. The van der Waals surface area contributed by atoms with E-state index >= 15 is 0 Å². The molecule has 1 aliphatic rings. The average Bonchev–Trinajstić information content (AvgIpc) is 3.34. The van der Waals surface area contributed by atoms with E-state index < -0.39 is 0 Å². The number of hydrogen-bond donors (Lipinski definition) is 1. The van der Waals surface area contributed by atoms with Gasteiger partial charge in [0.15, 0.2) is 0 Å². The zero-order valence-corrected chi connectivity index (χ0v) is 25.1. The third-order valence-corrected chi connectivity index (χ3v) is 8.28. The third kappa shape index (κ3) is 8.12. The molecule has 220 valence electrons. The Morgan fingerprint density at radius 1 is 0.791 bits per heavy atom. The molecular weight excluding hydrogens is 560 g/mol. The molecule has 0 spiro atoms. The Labute approximate surface area is 256 Å². The van der Waals surface area contributed by atoms with Crippen molar-refractivity contribution in [3.63, 3.8) is 0 Å². The fraction of sp³-hybridized carbons (Fsp3) is 0.229. The number of carbonyl (C=O) groups is 3. The molecule has 1 fully saturated rings. The Kier molecular flexibility index (Phi) is 9.92. The predicted molar refractivity (Wildman–Crippen MR) is 170 cm³/mol. The number of nitrogens with zero attached hydrogens (tertiary/aromatic N) is 1. The lowest BCUT2D eigenvalue weighted by molar-refractivity contribution is -0.129. The topological polar surface area (TPSA) is 84.9 Å². The molecule has 1 N–H and O–H groups in total. The quantitative estimate of drug-likeness (QED) is 0.198. The van der Waals surface area contributed by atoms with Crippen LogP contribution >= 0.6 is 11.8 Å². The number of methoxy groups -OCH3 is 1. The summed E-state index contributed by atoms with van der Waals surface area (Å²) in [5, 5.41) is 1.67. The molecule has 0 bridgehead atoms. The first kappa shape index (κ1) is 30.1. The van der Waals surface area contributed by atoms with E-state index in [1.807, 2.05) is 98.0 Å². The van der Waals surface area contributed by atoms with Gasteiger partial charge in [-0.25, -0.2) is 0 Å². The third-order valence-electron chi connectivity index (χ3n) is 7.30. The maximum Gasteiger partial charge on any atom is 0.286 e. The monoisotopic (exact) mass is 594 g/mol. The first-order valence-electron chi connectivity index (χ1n) is 14.1. The summed E-state index contributed by atoms with van der Waals surface area (Å²) in [5.41, 5.74) is 7.27. The van der Waals surface area contributed by atoms with E-state index in [-0.39, 0.29) is 22.3 Å². The zero-order chi connectivity index (χ0) is 30.2. The minimum atomic E-state index is -0.378. The molecule has 0 aliphatic carbocycles. The van der Waals surface area contributed by atoms with E-state index in [0.717, 1.165) is 56.5 Å². The van der Waals surface area contributed by atoms with Gasteiger partial charge in [-0.2, -0.15) is 0 Å². The summed E-state index contributed by atoms with van der Waals surface area (Å²) in [6, 6.07) is 32.2. The Bertz CT molecular complexity index is 1570. The van der Waals surface area contributed by atoms with Crippen LogP contribution in [0.1, 0.15) is 16.7 Å². The molecule has 4 aromatic rings. The molecule has 0 aromatic heterocycles. The predicted octanol–water partition coefficient (Wildman–Crippen LogP) is 6.14. The van der Waals surface area contributed by atoms with E-state index in [0.29, 0.717) is 32.6 Å². The maximum atomic E-state index is 13.0. The van der Waals surface area contributed by atoms with E-state index in [2.05, 4.69) is 11.4 Å². The summed E-state index contributed by atoms with van der Waals surface area (Å²) in [5.74, 6) is 0.626. The van der Waals surface area contributed by atoms with Crippen molar-refractivity contribution in [3.05, 3.63) is 114 Å². The summed E-state index contributed by atoms with van der Waals surface area (Å²) >= 11 is 1.04. The lowest BCUT2D eigenvalue weighted by Gasteiger charge is -2.18. The molecule has 1 unspecified atom stereocenters. The minimum absolute atomic E-state index is 0.0485. The Balaban J connectivity index is 1.14. The zero-order valence-electron chi connectivity index (χ0n) is 24.2. The van der Waals surface area contributed by atoms with Crippen molar-refractivity contribution in [1.29, 1.82) is 0 Å². The summed E-state index contributed by atoms with van der Waals surface area (Å²) in [7, 11) is 3.48. The Morgan fingerprint density at radius 3 is 2.05 bits per heavy atom. The standard InChI is InChI=1S/C35H34N2O5S/c1-37(33(38)22-25-8-10-27(11-9-25)28-14-16-31(17-15-28)42-19-18-41-2)23-26-4-3-5-30(20-26)29-12-6-24(7-13-29)21-32-34(39)36-35(40)43-32/h3-17,20,32H,18-19,21-23H2,1-2H3,(H,36,39,40). The van der Waals surface area contributed by atoms with Crippen LogP contribution in [0.25, 0.3) is 22.3 Å². The van der Waals surface area contributed by atoms with Crippen LogP contribution < -0.4 is 10.1 Å². The van der Waals surface area contributed by atoms with Crippen molar-refractivity contribution in [1.82, 2.24) is 10.2 Å². The van der Waals surface area contributed by atoms with Crippen molar-refractivity contribution in [2.24, 2.45) is 0 Å². The van der Waals surface area contributed by atoms with Crippen LogP contribution in [0, 0.1) is 0 Å². The van der Waals surface area contributed by atoms with Crippen LogP contribution in [-0.4, -0.2) is 54.6 Å². The molecule has 8 heteroatoms. The summed E-state index contributed by atoms with van der Waals surface area (Å²) < 4.78 is 10.7. The number of imide groups is 1. The van der Waals surface area contributed by atoms with E-state index in [4.69, 9.17) is 9.47 Å². The van der Waals surface area contributed by atoms with Crippen LogP contribution in [0.3, 0.4) is 0 Å². The second-order valence-electron chi connectivity index (χ2n) is 10.5. The lowest BCUT2D eigenvalue weighted by atomic mass is 10.00. The number of carbonyl (C=O) groups excluding carboxylic acids is 3. The van der Waals surface area contributed by atoms with Crippen molar-refractivity contribution in [2.45, 2.75) is 24.6 Å². The number of hydrogen-bond acceptors (Lipinski definition) is 6. The highest BCUT2D eigenvalue weighted by atomic mass is 32.2. The van der Waals surface area contributed by atoms with Crippen molar-refractivity contribution in [2.75, 3.05) is 27.4 Å². The molecule has 1 atom stereocenters. The fourth-order valence-corrected chi connectivity index (χ4v) is 5.76. The molecule has 0 radical (unpaired) electrons. The molecule has 1 aliphatic heterocycles. The van der Waals surface area contributed by atoms with Crippen LogP contribution in [0.15, 0.2) is 97.1 Å². The smallest absolute Gasteiger partial charge is 0.286 e. The second kappa shape index (κ2) is 14.2. The number of thioether (sulfide) groups is 1. The van der Waals surface area contributed by atoms with Gasteiger partial charge in [0.2, 0.25) is 11.8 Å². The molecule has 43 heavy (non-hydrogen) atoms. The van der Waals surface area contributed by atoms with Gasteiger partial charge in [0.05, 0.1) is 18.3 Å². The Hall–Kier alpha value is -4.40. The maximum absolute atomic E-state index is 13.0. The van der Waals surface area contributed by atoms with Gasteiger partial charge in [0, 0.05) is 20.7 Å². The van der Waals surface area contributed by atoms with Gasteiger partial charge in [-0.15, -0.1) is 0 Å². The minimum Gasteiger partial charge on any atom is -0.491 e. The van der Waals surface area contributed by atoms with Crippen LogP contribution in [0.2, 0.25) is 0 Å². The summed E-state index contributed by atoms with van der Waals surface area (Å²) in [4.78, 5) is 38.1. The molecule has 7 nitrogen and oxygen atoms in total. The number of ether oxygens (including phenoxy) is 2. The summed E-state index contributed by atoms with van der Waals surface area (Å²) in [6.07, 6.45) is 0.837.